The van der Waals surface area contributed by atoms with Crippen LogP contribution in [0.1, 0.15) is 38.5 Å². The maximum absolute atomic E-state index is 13.2. The summed E-state index contributed by atoms with van der Waals surface area (Å²) in [6.45, 7) is 0.205. The first-order valence-corrected chi connectivity index (χ1v) is 11.7. The molecule has 0 aromatic heterocycles. The Morgan fingerprint density at radius 2 is 1.70 bits per heavy atom. The van der Waals surface area contributed by atoms with Gasteiger partial charge in [-0.15, -0.1) is 0 Å². The number of hydrogen-bond acceptors (Lipinski definition) is 8. The van der Waals surface area contributed by atoms with E-state index in [1.807, 2.05) is 0 Å². The summed E-state index contributed by atoms with van der Waals surface area (Å²) in [5.41, 5.74) is 5.57. The monoisotopic (exact) mass is 490 g/mol. The van der Waals surface area contributed by atoms with Crippen molar-refractivity contribution in [1.29, 1.82) is 0 Å². The summed E-state index contributed by atoms with van der Waals surface area (Å²) in [5, 5.41) is 31.6. The van der Waals surface area contributed by atoms with Gasteiger partial charge in [-0.2, -0.15) is 11.8 Å². The van der Waals surface area contributed by atoms with Gasteiger partial charge in [-0.05, 0) is 37.7 Å². The van der Waals surface area contributed by atoms with Crippen molar-refractivity contribution in [3.8, 4) is 0 Å². The molecule has 0 spiro atoms. The van der Waals surface area contributed by atoms with E-state index in [0.29, 0.717) is 12.2 Å². The highest BCUT2D eigenvalue weighted by molar-refractivity contribution is 7.98. The lowest BCUT2D eigenvalue weighted by molar-refractivity contribution is -0.145. The first-order chi connectivity index (χ1) is 15.5. The average molecular weight is 491 g/mol. The molecule has 3 amide bonds. The number of aliphatic carboxylic acids is 3. The molecule has 33 heavy (non-hydrogen) atoms. The SMILES string of the molecule is CSCCC(NC(=O)C(N)CC(=O)O)C(=O)N1CCCC1C(=O)NC(CCC(=O)O)C(=O)O. The van der Waals surface area contributed by atoms with E-state index in [4.69, 9.17) is 15.9 Å². The van der Waals surface area contributed by atoms with Crippen LogP contribution in [0.5, 0.6) is 0 Å². The predicted molar refractivity (Wildman–Crippen MR) is 116 cm³/mol. The Morgan fingerprint density at radius 3 is 2.24 bits per heavy atom. The lowest BCUT2D eigenvalue weighted by Gasteiger charge is -2.30. The van der Waals surface area contributed by atoms with Gasteiger partial charge in [0.1, 0.15) is 18.1 Å². The van der Waals surface area contributed by atoms with E-state index >= 15 is 0 Å². The number of nitrogens with two attached hydrogens (primary N) is 1. The summed E-state index contributed by atoms with van der Waals surface area (Å²) >= 11 is 1.42. The minimum atomic E-state index is -1.42. The summed E-state index contributed by atoms with van der Waals surface area (Å²) in [6.07, 6.45) is 1.37. The van der Waals surface area contributed by atoms with Crippen molar-refractivity contribution >= 4 is 47.4 Å². The highest BCUT2D eigenvalue weighted by Crippen LogP contribution is 2.20. The Balaban J connectivity index is 2.92. The van der Waals surface area contributed by atoms with Crippen LogP contribution in [0.25, 0.3) is 0 Å². The zero-order chi connectivity index (χ0) is 25.1. The highest BCUT2D eigenvalue weighted by atomic mass is 32.2. The summed E-state index contributed by atoms with van der Waals surface area (Å²) in [7, 11) is 0. The van der Waals surface area contributed by atoms with E-state index in [1.165, 1.54) is 16.7 Å². The van der Waals surface area contributed by atoms with E-state index in [-0.39, 0.29) is 25.8 Å². The van der Waals surface area contributed by atoms with Crippen LogP contribution in [0.2, 0.25) is 0 Å². The second-order valence-electron chi connectivity index (χ2n) is 7.57. The van der Waals surface area contributed by atoms with E-state index in [0.717, 1.165) is 0 Å². The van der Waals surface area contributed by atoms with Crippen LogP contribution in [-0.2, 0) is 28.8 Å². The number of carboxylic acid groups (broad SMARTS) is 3. The second-order valence-corrected chi connectivity index (χ2v) is 8.55. The normalized spacial score (nSPS) is 18.1. The third-order valence-electron chi connectivity index (χ3n) is 5.06. The van der Waals surface area contributed by atoms with Gasteiger partial charge in [-0.1, -0.05) is 0 Å². The van der Waals surface area contributed by atoms with Crippen LogP contribution in [0.15, 0.2) is 0 Å². The number of thioether (sulfide) groups is 1. The van der Waals surface area contributed by atoms with Gasteiger partial charge in [0.25, 0.3) is 0 Å². The molecule has 0 aliphatic carbocycles. The van der Waals surface area contributed by atoms with Crippen LogP contribution in [0.4, 0.5) is 0 Å². The molecule has 0 radical (unpaired) electrons. The Labute approximate surface area is 194 Å². The van der Waals surface area contributed by atoms with Gasteiger partial charge >= 0.3 is 17.9 Å². The summed E-state index contributed by atoms with van der Waals surface area (Å²) in [5.74, 6) is -5.47. The quantitative estimate of drug-likeness (QED) is 0.164. The molecule has 1 aliphatic heterocycles. The lowest BCUT2D eigenvalue weighted by atomic mass is 10.1. The molecule has 0 saturated carbocycles. The van der Waals surface area contributed by atoms with Crippen LogP contribution in [0, 0.1) is 0 Å². The van der Waals surface area contributed by atoms with Crippen molar-refractivity contribution in [3.63, 3.8) is 0 Å². The number of nitrogens with one attached hydrogen (secondary N) is 2. The molecule has 0 aromatic carbocycles. The number of amides is 3. The van der Waals surface area contributed by atoms with Crippen molar-refractivity contribution < 1.29 is 44.1 Å². The van der Waals surface area contributed by atoms with Crippen molar-refractivity contribution in [2.75, 3.05) is 18.6 Å². The molecule has 4 atom stereocenters. The summed E-state index contributed by atoms with van der Waals surface area (Å²) in [4.78, 5) is 72.3. The van der Waals surface area contributed by atoms with Crippen LogP contribution < -0.4 is 16.4 Å². The zero-order valence-corrected chi connectivity index (χ0v) is 19.0. The molecule has 13 nitrogen and oxygen atoms in total. The fourth-order valence-corrected chi connectivity index (χ4v) is 3.82. The minimum Gasteiger partial charge on any atom is -0.481 e. The number of nitrogens with zero attached hydrogens (tertiary/aromatic N) is 1. The van der Waals surface area contributed by atoms with E-state index in [1.54, 1.807) is 6.26 Å². The third-order valence-corrected chi connectivity index (χ3v) is 5.70. The van der Waals surface area contributed by atoms with Gasteiger partial charge in [0.15, 0.2) is 0 Å². The molecular formula is C19H30N4O9S. The number of carbonyl (C=O) groups is 6. The molecule has 186 valence electrons. The van der Waals surface area contributed by atoms with Gasteiger partial charge in [0.05, 0.1) is 12.5 Å². The molecule has 7 N–H and O–H groups in total. The van der Waals surface area contributed by atoms with Crippen molar-refractivity contribution in [2.24, 2.45) is 5.73 Å². The fourth-order valence-electron chi connectivity index (χ4n) is 3.35. The number of likely N-dealkylation sites (tertiary alicyclic amines) is 1. The molecule has 0 aromatic rings. The van der Waals surface area contributed by atoms with Gasteiger partial charge in [0.2, 0.25) is 17.7 Å². The maximum atomic E-state index is 13.2. The minimum absolute atomic E-state index is 0.205. The van der Waals surface area contributed by atoms with Gasteiger partial charge in [-0.25, -0.2) is 4.79 Å². The van der Waals surface area contributed by atoms with E-state index in [9.17, 15) is 33.9 Å². The van der Waals surface area contributed by atoms with Crippen molar-refractivity contribution in [1.82, 2.24) is 15.5 Å². The Bertz CT molecular complexity index is 764. The van der Waals surface area contributed by atoms with Gasteiger partial charge in [-0.3, -0.25) is 24.0 Å². The molecule has 1 saturated heterocycles. The third kappa shape index (κ3) is 9.26. The summed E-state index contributed by atoms with van der Waals surface area (Å²) < 4.78 is 0. The second kappa shape index (κ2) is 13.6. The number of carboxylic acids is 3. The molecule has 1 aliphatic rings. The van der Waals surface area contributed by atoms with Crippen LogP contribution in [-0.4, -0.2) is 98.6 Å². The predicted octanol–water partition coefficient (Wildman–Crippen LogP) is -1.55. The Morgan fingerprint density at radius 1 is 1.03 bits per heavy atom. The van der Waals surface area contributed by atoms with E-state index in [2.05, 4.69) is 10.6 Å². The molecule has 14 heteroatoms. The highest BCUT2D eigenvalue weighted by Gasteiger charge is 2.39. The zero-order valence-electron chi connectivity index (χ0n) is 18.2. The first-order valence-electron chi connectivity index (χ1n) is 10.3. The van der Waals surface area contributed by atoms with Gasteiger partial charge in [0, 0.05) is 13.0 Å². The largest absolute Gasteiger partial charge is 0.481 e. The molecule has 0 bridgehead atoms. The topological polar surface area (TPSA) is 216 Å². The number of rotatable bonds is 14. The molecule has 1 rings (SSSR count). The van der Waals surface area contributed by atoms with E-state index < -0.39 is 72.6 Å². The Kier molecular flexibility index (Phi) is 11.6. The smallest absolute Gasteiger partial charge is 0.326 e. The molecule has 1 fully saturated rings. The van der Waals surface area contributed by atoms with Gasteiger partial charge < -0.3 is 36.6 Å². The molecule has 1 heterocycles. The van der Waals surface area contributed by atoms with Crippen LogP contribution >= 0.6 is 11.8 Å². The number of hydrogen-bond donors (Lipinski definition) is 6. The first kappa shape index (κ1) is 28.2. The maximum Gasteiger partial charge on any atom is 0.326 e. The average Bonchev–Trinajstić information content (AvgIpc) is 3.22. The Hall–Kier alpha value is -2.87. The molecular weight excluding hydrogens is 460 g/mol. The fraction of sp³-hybridized carbons (Fsp3) is 0.684. The summed E-state index contributed by atoms with van der Waals surface area (Å²) in [6, 6.07) is -4.80. The number of carbonyl (C=O) groups excluding carboxylic acids is 3. The van der Waals surface area contributed by atoms with Crippen molar-refractivity contribution in [2.45, 2.75) is 62.7 Å². The van der Waals surface area contributed by atoms with Crippen molar-refractivity contribution in [3.05, 3.63) is 0 Å². The lowest BCUT2D eigenvalue weighted by Crippen LogP contribution is -2.57. The standard InChI is InChI=1S/C19H30N4O9S/c1-33-8-6-11(21-16(28)10(20)9-15(26)27)18(30)23-7-2-3-13(23)17(29)22-12(19(31)32)4-5-14(24)25/h10-13H,2-9,20H2,1H3,(H,21,28)(H,22,29)(H,24,25)(H,26,27)(H,31,32). The molecule has 4 unspecified atom stereocenters. The van der Waals surface area contributed by atoms with Crippen LogP contribution in [0.3, 0.4) is 0 Å².